The van der Waals surface area contributed by atoms with Gasteiger partial charge >= 0.3 is 0 Å². The van der Waals surface area contributed by atoms with Crippen molar-refractivity contribution in [1.82, 2.24) is 14.7 Å². The smallest absolute Gasteiger partial charge is 0.193 e. The summed E-state index contributed by atoms with van der Waals surface area (Å²) in [6.45, 7) is 7.26. The number of aromatic nitrogens is 2. The minimum absolute atomic E-state index is 0.612. The van der Waals surface area contributed by atoms with Gasteiger partial charge in [0.2, 0.25) is 0 Å². The lowest BCUT2D eigenvalue weighted by Crippen LogP contribution is -2.30. The Balaban J connectivity index is 1.90. The van der Waals surface area contributed by atoms with E-state index in [-0.39, 0.29) is 0 Å². The zero-order valence-electron chi connectivity index (χ0n) is 11.9. The second kappa shape index (κ2) is 7.03. The van der Waals surface area contributed by atoms with Gasteiger partial charge in [0.1, 0.15) is 0 Å². The standard InChI is InChI=1S/C14H23N3OS/c1-11(2)12(9-15-4-6-18-3)8-13-10-17-5-7-19-14(17)16-13/h5,7,10-12,15H,4,6,8-9H2,1-3H3. The van der Waals surface area contributed by atoms with Crippen LogP contribution >= 0.6 is 11.3 Å². The first-order valence-electron chi connectivity index (χ1n) is 6.81. The second-order valence-electron chi connectivity index (χ2n) is 5.23. The molecule has 19 heavy (non-hydrogen) atoms. The highest BCUT2D eigenvalue weighted by atomic mass is 32.1. The quantitative estimate of drug-likeness (QED) is 0.755. The van der Waals surface area contributed by atoms with Crippen molar-refractivity contribution in [3.63, 3.8) is 0 Å². The van der Waals surface area contributed by atoms with Crippen LogP contribution in [0.1, 0.15) is 19.5 Å². The molecule has 0 aromatic carbocycles. The van der Waals surface area contributed by atoms with Crippen molar-refractivity contribution in [2.75, 3.05) is 26.8 Å². The summed E-state index contributed by atoms with van der Waals surface area (Å²) in [6, 6.07) is 0. The fourth-order valence-electron chi connectivity index (χ4n) is 2.15. The number of nitrogens with one attached hydrogen (secondary N) is 1. The van der Waals surface area contributed by atoms with Crippen molar-refractivity contribution < 1.29 is 4.74 Å². The molecule has 106 valence electrons. The molecule has 1 atom stereocenters. The molecule has 0 bridgehead atoms. The van der Waals surface area contributed by atoms with Crippen LogP contribution < -0.4 is 5.32 Å². The van der Waals surface area contributed by atoms with Gasteiger partial charge in [0.05, 0.1) is 12.3 Å². The molecule has 0 saturated carbocycles. The normalized spacial score (nSPS) is 13.5. The topological polar surface area (TPSA) is 38.6 Å². The van der Waals surface area contributed by atoms with Crippen molar-refractivity contribution >= 4 is 16.3 Å². The van der Waals surface area contributed by atoms with E-state index in [4.69, 9.17) is 4.74 Å². The van der Waals surface area contributed by atoms with E-state index in [0.717, 1.165) is 31.1 Å². The molecule has 0 amide bonds. The summed E-state index contributed by atoms with van der Waals surface area (Å²) >= 11 is 1.69. The summed E-state index contributed by atoms with van der Waals surface area (Å²) in [5.41, 5.74) is 1.19. The highest BCUT2D eigenvalue weighted by Crippen LogP contribution is 2.18. The number of methoxy groups -OCH3 is 1. The van der Waals surface area contributed by atoms with E-state index in [9.17, 15) is 0 Å². The highest BCUT2D eigenvalue weighted by Gasteiger charge is 2.15. The molecule has 1 N–H and O–H groups in total. The fraction of sp³-hybridized carbons (Fsp3) is 0.643. The second-order valence-corrected chi connectivity index (χ2v) is 6.10. The minimum Gasteiger partial charge on any atom is -0.383 e. The van der Waals surface area contributed by atoms with E-state index in [0.29, 0.717) is 11.8 Å². The van der Waals surface area contributed by atoms with Gasteiger partial charge in [-0.3, -0.25) is 4.40 Å². The summed E-state index contributed by atoms with van der Waals surface area (Å²) < 4.78 is 7.16. The van der Waals surface area contributed by atoms with Gasteiger partial charge in [-0.05, 0) is 24.8 Å². The maximum Gasteiger partial charge on any atom is 0.193 e. The number of hydrogen-bond donors (Lipinski definition) is 1. The Morgan fingerprint density at radius 3 is 3.00 bits per heavy atom. The van der Waals surface area contributed by atoms with Gasteiger partial charge in [-0.15, -0.1) is 11.3 Å². The van der Waals surface area contributed by atoms with E-state index >= 15 is 0 Å². The molecule has 4 nitrogen and oxygen atoms in total. The summed E-state index contributed by atoms with van der Waals surface area (Å²) in [4.78, 5) is 5.76. The third-order valence-electron chi connectivity index (χ3n) is 3.45. The van der Waals surface area contributed by atoms with Gasteiger partial charge in [0.15, 0.2) is 4.96 Å². The van der Waals surface area contributed by atoms with Crippen LogP contribution in [0, 0.1) is 11.8 Å². The Hall–Kier alpha value is -0.910. The Bertz CT molecular complexity index is 463. The molecule has 0 spiro atoms. The Morgan fingerprint density at radius 1 is 1.47 bits per heavy atom. The molecule has 2 heterocycles. The van der Waals surface area contributed by atoms with E-state index in [1.807, 2.05) is 0 Å². The van der Waals surface area contributed by atoms with Crippen molar-refractivity contribution in [1.29, 1.82) is 0 Å². The number of ether oxygens (including phenoxy) is 1. The third kappa shape index (κ3) is 4.03. The van der Waals surface area contributed by atoms with Gasteiger partial charge in [-0.1, -0.05) is 13.8 Å². The van der Waals surface area contributed by atoms with Crippen LogP contribution in [-0.4, -0.2) is 36.2 Å². The van der Waals surface area contributed by atoms with Gasteiger partial charge in [0, 0.05) is 31.4 Å². The van der Waals surface area contributed by atoms with Crippen LogP contribution in [0.25, 0.3) is 4.96 Å². The van der Waals surface area contributed by atoms with Crippen molar-refractivity contribution in [3.8, 4) is 0 Å². The molecular weight excluding hydrogens is 258 g/mol. The predicted molar refractivity (Wildman–Crippen MR) is 79.8 cm³/mol. The van der Waals surface area contributed by atoms with Crippen molar-refractivity contribution in [2.24, 2.45) is 11.8 Å². The summed E-state index contributed by atoms with van der Waals surface area (Å²) in [5.74, 6) is 1.26. The SMILES string of the molecule is COCCNCC(Cc1cn2ccsc2n1)C(C)C. The summed E-state index contributed by atoms with van der Waals surface area (Å²) in [5, 5.41) is 5.53. The molecule has 5 heteroatoms. The van der Waals surface area contributed by atoms with E-state index in [1.54, 1.807) is 18.4 Å². The highest BCUT2D eigenvalue weighted by molar-refractivity contribution is 7.15. The lowest BCUT2D eigenvalue weighted by Gasteiger charge is -2.20. The summed E-state index contributed by atoms with van der Waals surface area (Å²) in [7, 11) is 1.74. The first-order chi connectivity index (χ1) is 9.20. The van der Waals surface area contributed by atoms with Crippen LogP contribution in [0.2, 0.25) is 0 Å². The van der Waals surface area contributed by atoms with Crippen LogP contribution in [0.4, 0.5) is 0 Å². The van der Waals surface area contributed by atoms with Crippen molar-refractivity contribution in [2.45, 2.75) is 20.3 Å². The van der Waals surface area contributed by atoms with Crippen LogP contribution in [0.3, 0.4) is 0 Å². The predicted octanol–water partition coefficient (Wildman–Crippen LogP) is 2.45. The number of fused-ring (bicyclic) bond motifs is 1. The molecule has 0 radical (unpaired) electrons. The Kier molecular flexibility index (Phi) is 5.36. The maximum absolute atomic E-state index is 5.06. The van der Waals surface area contributed by atoms with E-state index in [2.05, 4.69) is 46.3 Å². The Morgan fingerprint density at radius 2 is 2.32 bits per heavy atom. The lowest BCUT2D eigenvalue weighted by atomic mass is 9.91. The van der Waals surface area contributed by atoms with Crippen LogP contribution in [0.15, 0.2) is 17.8 Å². The zero-order chi connectivity index (χ0) is 13.7. The zero-order valence-corrected chi connectivity index (χ0v) is 12.7. The average molecular weight is 281 g/mol. The van der Waals surface area contributed by atoms with Gasteiger partial charge in [0.25, 0.3) is 0 Å². The molecule has 2 aromatic rings. The molecule has 0 aliphatic carbocycles. The lowest BCUT2D eigenvalue weighted by molar-refractivity contribution is 0.196. The first-order valence-corrected chi connectivity index (χ1v) is 7.69. The van der Waals surface area contributed by atoms with Gasteiger partial charge < -0.3 is 10.1 Å². The third-order valence-corrected chi connectivity index (χ3v) is 4.22. The largest absolute Gasteiger partial charge is 0.383 e. The number of rotatable bonds is 8. The molecule has 0 aliphatic heterocycles. The molecule has 1 unspecified atom stereocenters. The summed E-state index contributed by atoms with van der Waals surface area (Å²) in [6.07, 6.45) is 5.25. The molecule has 0 saturated heterocycles. The number of hydrogen-bond acceptors (Lipinski definition) is 4. The number of nitrogens with zero attached hydrogens (tertiary/aromatic N) is 2. The number of imidazole rings is 1. The molecule has 2 aromatic heterocycles. The van der Waals surface area contributed by atoms with E-state index in [1.165, 1.54) is 5.69 Å². The molecule has 2 rings (SSSR count). The van der Waals surface area contributed by atoms with E-state index < -0.39 is 0 Å². The molecule has 0 aliphatic rings. The van der Waals surface area contributed by atoms with Gasteiger partial charge in [-0.25, -0.2) is 4.98 Å². The van der Waals surface area contributed by atoms with Crippen molar-refractivity contribution in [3.05, 3.63) is 23.5 Å². The van der Waals surface area contributed by atoms with Gasteiger partial charge in [-0.2, -0.15) is 0 Å². The average Bonchev–Trinajstić information content (AvgIpc) is 2.93. The van der Waals surface area contributed by atoms with Crippen LogP contribution in [0.5, 0.6) is 0 Å². The molecular formula is C14H23N3OS. The fourth-order valence-corrected chi connectivity index (χ4v) is 2.87. The first kappa shape index (κ1) is 14.5. The minimum atomic E-state index is 0.612. The monoisotopic (exact) mass is 281 g/mol. The Labute approximate surface area is 118 Å². The molecule has 0 fully saturated rings. The maximum atomic E-state index is 5.06. The number of thiazole rings is 1. The van der Waals surface area contributed by atoms with Crippen LogP contribution in [-0.2, 0) is 11.2 Å².